The Hall–Kier alpha value is -2.74. The highest BCUT2D eigenvalue weighted by atomic mass is 79.9. The van der Waals surface area contributed by atoms with Crippen LogP contribution in [-0.2, 0) is 6.42 Å². The van der Waals surface area contributed by atoms with E-state index in [4.69, 9.17) is 5.10 Å². The zero-order chi connectivity index (χ0) is 17.6. The minimum atomic E-state index is -0.390. The molecule has 1 aromatic carbocycles. The normalized spacial score (nSPS) is 12.7. The van der Waals surface area contributed by atoms with Crippen LogP contribution in [0.25, 0.3) is 16.9 Å². The fourth-order valence-electron chi connectivity index (χ4n) is 3.06. The number of hydrogen-bond donors (Lipinski definition) is 1. The third kappa shape index (κ3) is 2.68. The Bertz CT molecular complexity index is 999. The van der Waals surface area contributed by atoms with Gasteiger partial charge in [-0.05, 0) is 40.9 Å². The van der Waals surface area contributed by atoms with E-state index in [-0.39, 0.29) is 10.6 Å². The molecule has 1 N–H and O–H groups in total. The number of non-ortho nitro benzene ring substituents is 1. The van der Waals surface area contributed by atoms with E-state index in [0.717, 1.165) is 45.6 Å². The lowest BCUT2D eigenvalue weighted by Gasteiger charge is -2.09. The van der Waals surface area contributed by atoms with E-state index >= 15 is 0 Å². The summed E-state index contributed by atoms with van der Waals surface area (Å²) in [5.74, 6) is 0.888. The third-order valence-corrected chi connectivity index (χ3v) is 4.69. The second-order valence-corrected chi connectivity index (χ2v) is 6.80. The largest absolute Gasteiger partial charge is 0.369 e. The van der Waals surface area contributed by atoms with Gasteiger partial charge in [0.05, 0.1) is 16.3 Å². The number of anilines is 1. The zero-order valence-electron chi connectivity index (χ0n) is 13.4. The lowest BCUT2D eigenvalue weighted by molar-refractivity contribution is -0.384. The van der Waals surface area contributed by atoms with Crippen LogP contribution in [-0.4, -0.2) is 26.2 Å². The quantitative estimate of drug-likeness (QED) is 0.533. The van der Waals surface area contributed by atoms with Crippen molar-refractivity contribution >= 4 is 27.4 Å². The molecule has 1 aliphatic rings. The summed E-state index contributed by atoms with van der Waals surface area (Å²) in [4.78, 5) is 15.0. The molecule has 0 bridgehead atoms. The second-order valence-electron chi connectivity index (χ2n) is 5.88. The van der Waals surface area contributed by atoms with E-state index in [2.05, 4.69) is 26.2 Å². The fourth-order valence-corrected chi connectivity index (χ4v) is 3.43. The minimum absolute atomic E-state index is 0.0496. The fraction of sp³-hybridized carbons (Fsp3) is 0.176. The lowest BCUT2D eigenvalue weighted by atomic mass is 10.1. The first-order valence-electron chi connectivity index (χ1n) is 7.76. The van der Waals surface area contributed by atoms with Crippen molar-refractivity contribution in [3.05, 3.63) is 62.4 Å². The monoisotopic (exact) mass is 399 g/mol. The number of halogens is 1. The number of nitrogens with zero attached hydrogens (tertiary/aromatic N) is 4. The topological polar surface area (TPSA) is 85.9 Å². The molecule has 0 aliphatic carbocycles. The van der Waals surface area contributed by atoms with E-state index in [9.17, 15) is 10.1 Å². The molecule has 0 spiro atoms. The van der Waals surface area contributed by atoms with Crippen molar-refractivity contribution in [3.8, 4) is 16.9 Å². The maximum Gasteiger partial charge on any atom is 0.271 e. The van der Waals surface area contributed by atoms with Gasteiger partial charge in [0.15, 0.2) is 0 Å². The lowest BCUT2D eigenvalue weighted by Crippen LogP contribution is -2.06. The highest BCUT2D eigenvalue weighted by molar-refractivity contribution is 9.10. The first-order valence-corrected chi connectivity index (χ1v) is 8.56. The molecule has 0 saturated heterocycles. The third-order valence-electron chi connectivity index (χ3n) is 4.26. The molecule has 0 atom stereocenters. The summed E-state index contributed by atoms with van der Waals surface area (Å²) < 4.78 is 2.65. The molecule has 0 radical (unpaired) electrons. The number of nitrogens with one attached hydrogen (secondary N) is 1. The molecular formula is C17H14BrN5O2. The average molecular weight is 400 g/mol. The van der Waals surface area contributed by atoms with Crippen LogP contribution in [0.15, 0.2) is 41.1 Å². The van der Waals surface area contributed by atoms with Gasteiger partial charge in [0, 0.05) is 46.7 Å². The maximum absolute atomic E-state index is 11.1. The van der Waals surface area contributed by atoms with Gasteiger partial charge in [-0.1, -0.05) is 6.07 Å². The Balaban J connectivity index is 1.92. The molecule has 3 heterocycles. The summed E-state index contributed by atoms with van der Waals surface area (Å²) in [5, 5.41) is 19.2. The molecule has 0 amide bonds. The second kappa shape index (κ2) is 5.96. The summed E-state index contributed by atoms with van der Waals surface area (Å²) in [6.07, 6.45) is 4.35. The molecule has 0 unspecified atom stereocenters. The maximum atomic E-state index is 11.1. The van der Waals surface area contributed by atoms with Crippen LogP contribution >= 0.6 is 15.9 Å². The average Bonchev–Trinajstić information content (AvgIpc) is 3.17. The van der Waals surface area contributed by atoms with E-state index in [0.29, 0.717) is 5.69 Å². The van der Waals surface area contributed by atoms with Gasteiger partial charge in [0.1, 0.15) is 5.82 Å². The minimum Gasteiger partial charge on any atom is -0.369 e. The molecule has 8 heteroatoms. The van der Waals surface area contributed by atoms with Crippen molar-refractivity contribution in [2.75, 3.05) is 11.9 Å². The Morgan fingerprint density at radius 1 is 1.32 bits per heavy atom. The summed E-state index contributed by atoms with van der Waals surface area (Å²) in [6, 6.07) is 6.79. The number of fused-ring (bicyclic) bond motifs is 1. The van der Waals surface area contributed by atoms with Crippen LogP contribution < -0.4 is 5.32 Å². The van der Waals surface area contributed by atoms with Crippen LogP contribution in [0.3, 0.4) is 0 Å². The van der Waals surface area contributed by atoms with Gasteiger partial charge >= 0.3 is 0 Å². The summed E-state index contributed by atoms with van der Waals surface area (Å²) >= 11 is 3.44. The van der Waals surface area contributed by atoms with Crippen LogP contribution in [0.1, 0.15) is 11.1 Å². The predicted octanol–water partition coefficient (Wildman–Crippen LogP) is 3.88. The van der Waals surface area contributed by atoms with Crippen molar-refractivity contribution in [1.82, 2.24) is 14.8 Å². The van der Waals surface area contributed by atoms with E-state index < -0.39 is 0 Å². The van der Waals surface area contributed by atoms with Gasteiger partial charge in [0.2, 0.25) is 0 Å². The van der Waals surface area contributed by atoms with E-state index in [1.54, 1.807) is 29.2 Å². The summed E-state index contributed by atoms with van der Waals surface area (Å²) in [5.41, 5.74) is 4.53. The van der Waals surface area contributed by atoms with Gasteiger partial charge < -0.3 is 5.32 Å². The van der Waals surface area contributed by atoms with Crippen LogP contribution in [0, 0.1) is 17.0 Å². The Morgan fingerprint density at radius 2 is 2.16 bits per heavy atom. The SMILES string of the molecule is Cc1ccc([N+](=O)[O-])cc1-n1nc(-c2cncc(Br)c2)c2c1NCC2. The number of nitro groups is 1. The Kier molecular flexibility index (Phi) is 3.76. The number of hydrogen-bond acceptors (Lipinski definition) is 5. The van der Waals surface area contributed by atoms with Gasteiger partial charge in [-0.15, -0.1) is 0 Å². The van der Waals surface area contributed by atoms with Gasteiger partial charge in [-0.3, -0.25) is 15.1 Å². The molecule has 1 aliphatic heterocycles. The van der Waals surface area contributed by atoms with Crippen molar-refractivity contribution in [3.63, 3.8) is 0 Å². The molecule has 126 valence electrons. The standard InChI is InChI=1S/C17H14BrN5O2/c1-10-2-3-13(23(24)25)7-15(10)22-17-14(4-5-20-17)16(21-22)11-6-12(18)9-19-8-11/h2-3,6-9,20H,4-5H2,1H3. The van der Waals surface area contributed by atoms with Crippen molar-refractivity contribution < 1.29 is 4.92 Å². The molecule has 0 saturated carbocycles. The zero-order valence-corrected chi connectivity index (χ0v) is 14.9. The number of benzene rings is 1. The number of nitro benzene ring substituents is 1. The van der Waals surface area contributed by atoms with E-state index in [1.807, 2.05) is 13.0 Å². The number of pyridine rings is 1. The van der Waals surface area contributed by atoms with Crippen molar-refractivity contribution in [2.45, 2.75) is 13.3 Å². The summed E-state index contributed by atoms with van der Waals surface area (Å²) in [6.45, 7) is 2.73. The first-order chi connectivity index (χ1) is 12.0. The van der Waals surface area contributed by atoms with Gasteiger partial charge in [-0.25, -0.2) is 4.68 Å². The smallest absolute Gasteiger partial charge is 0.271 e. The first kappa shape index (κ1) is 15.8. The van der Waals surface area contributed by atoms with Gasteiger partial charge in [-0.2, -0.15) is 5.10 Å². The van der Waals surface area contributed by atoms with Crippen LogP contribution in [0.5, 0.6) is 0 Å². The number of aromatic nitrogens is 3. The number of rotatable bonds is 3. The van der Waals surface area contributed by atoms with Crippen molar-refractivity contribution in [1.29, 1.82) is 0 Å². The Morgan fingerprint density at radius 3 is 2.92 bits per heavy atom. The van der Waals surface area contributed by atoms with Crippen LogP contribution in [0.4, 0.5) is 11.5 Å². The molecule has 0 fully saturated rings. The predicted molar refractivity (Wildman–Crippen MR) is 98.1 cm³/mol. The molecule has 3 aromatic rings. The van der Waals surface area contributed by atoms with Gasteiger partial charge in [0.25, 0.3) is 5.69 Å². The van der Waals surface area contributed by atoms with Crippen LogP contribution in [0.2, 0.25) is 0 Å². The highest BCUT2D eigenvalue weighted by Crippen LogP contribution is 2.36. The molecule has 2 aromatic heterocycles. The van der Waals surface area contributed by atoms with Crippen molar-refractivity contribution in [2.24, 2.45) is 0 Å². The molecule has 4 rings (SSSR count). The molecule has 25 heavy (non-hydrogen) atoms. The Labute approximate surface area is 152 Å². The highest BCUT2D eigenvalue weighted by Gasteiger charge is 2.25. The van der Waals surface area contributed by atoms with E-state index in [1.165, 1.54) is 6.07 Å². The number of aryl methyl sites for hydroxylation is 1. The molecule has 7 nitrogen and oxygen atoms in total. The summed E-state index contributed by atoms with van der Waals surface area (Å²) in [7, 11) is 0. The molecular weight excluding hydrogens is 386 g/mol.